The molecule has 1 amide bonds. The van der Waals surface area contributed by atoms with Gasteiger partial charge in [-0.05, 0) is 11.4 Å². The maximum absolute atomic E-state index is 11.0. The van der Waals surface area contributed by atoms with Crippen molar-refractivity contribution in [1.82, 2.24) is 10.3 Å². The number of hydrogen-bond donors (Lipinski definition) is 2. The molecule has 0 aliphatic carbocycles. The summed E-state index contributed by atoms with van der Waals surface area (Å²) in [6, 6.07) is 1.91. The molecule has 19 heavy (non-hydrogen) atoms. The molecule has 0 unspecified atom stereocenters. The first-order valence-electron chi connectivity index (χ1n) is 6.17. The summed E-state index contributed by atoms with van der Waals surface area (Å²) in [6.45, 7) is 4.80. The highest BCUT2D eigenvalue weighted by Crippen LogP contribution is 2.22. The van der Waals surface area contributed by atoms with Gasteiger partial charge >= 0.3 is 0 Å². The van der Waals surface area contributed by atoms with Gasteiger partial charge in [0, 0.05) is 24.8 Å². The third kappa shape index (κ3) is 3.90. The second-order valence-electron chi connectivity index (χ2n) is 4.12. The Kier molecular flexibility index (Phi) is 4.70. The van der Waals surface area contributed by atoms with Gasteiger partial charge in [0.1, 0.15) is 5.76 Å². The lowest BCUT2D eigenvalue weighted by Crippen LogP contribution is -2.14. The van der Waals surface area contributed by atoms with Crippen LogP contribution >= 0.6 is 11.3 Å². The first-order valence-corrected chi connectivity index (χ1v) is 7.05. The fourth-order valence-corrected chi connectivity index (χ4v) is 2.45. The third-order valence-electron chi connectivity index (χ3n) is 2.57. The van der Waals surface area contributed by atoms with E-state index in [1.54, 1.807) is 17.5 Å². The summed E-state index contributed by atoms with van der Waals surface area (Å²) in [7, 11) is 0. The van der Waals surface area contributed by atoms with Crippen molar-refractivity contribution < 1.29 is 9.21 Å². The number of aryl methyl sites for hydroxylation is 1. The second-order valence-corrected chi connectivity index (χ2v) is 5.12. The Balaban J connectivity index is 1.85. The molecule has 102 valence electrons. The lowest BCUT2D eigenvalue weighted by molar-refractivity contribution is -0.114. The third-order valence-corrected chi connectivity index (χ3v) is 3.49. The number of carbonyl (C=O) groups excluding carboxylic acids is 1. The van der Waals surface area contributed by atoms with Crippen LogP contribution in [0.1, 0.15) is 30.4 Å². The highest BCUT2D eigenvalue weighted by Gasteiger charge is 2.06. The molecule has 5 nitrogen and oxygen atoms in total. The van der Waals surface area contributed by atoms with Crippen LogP contribution in [0.4, 0.5) is 5.69 Å². The molecular weight excluding hydrogens is 262 g/mol. The van der Waals surface area contributed by atoms with E-state index in [9.17, 15) is 4.79 Å². The first-order chi connectivity index (χ1) is 9.19. The fraction of sp³-hybridized carbons (Fsp3) is 0.385. The quantitative estimate of drug-likeness (QED) is 0.852. The molecule has 0 atom stereocenters. The second kappa shape index (κ2) is 6.49. The van der Waals surface area contributed by atoms with Gasteiger partial charge in [0.25, 0.3) is 0 Å². The Hall–Kier alpha value is -1.66. The Morgan fingerprint density at radius 3 is 3.00 bits per heavy atom. The van der Waals surface area contributed by atoms with Crippen LogP contribution < -0.4 is 10.6 Å². The molecule has 0 aromatic carbocycles. The largest absolute Gasteiger partial charge is 0.444 e. The van der Waals surface area contributed by atoms with Crippen LogP contribution in [0.25, 0.3) is 0 Å². The highest BCUT2D eigenvalue weighted by molar-refractivity contribution is 7.10. The van der Waals surface area contributed by atoms with Crippen molar-refractivity contribution in [3.63, 3.8) is 0 Å². The molecule has 0 radical (unpaired) electrons. The molecule has 2 aromatic heterocycles. The van der Waals surface area contributed by atoms with Crippen molar-refractivity contribution in [3.05, 3.63) is 34.2 Å². The molecule has 0 spiro atoms. The van der Waals surface area contributed by atoms with Crippen LogP contribution in [0.2, 0.25) is 0 Å². The van der Waals surface area contributed by atoms with Crippen LogP contribution in [0.5, 0.6) is 0 Å². The number of aromatic nitrogens is 1. The number of rotatable bonds is 6. The van der Waals surface area contributed by atoms with E-state index in [0.717, 1.165) is 22.7 Å². The average Bonchev–Trinajstić information content (AvgIpc) is 2.99. The van der Waals surface area contributed by atoms with Gasteiger partial charge in [-0.2, -0.15) is 0 Å². The molecule has 2 heterocycles. The van der Waals surface area contributed by atoms with Crippen molar-refractivity contribution >= 4 is 22.9 Å². The van der Waals surface area contributed by atoms with Gasteiger partial charge in [-0.1, -0.05) is 6.92 Å². The van der Waals surface area contributed by atoms with Crippen LogP contribution in [0.3, 0.4) is 0 Å². The average molecular weight is 279 g/mol. The molecule has 0 aliphatic rings. The molecule has 6 heteroatoms. The minimum absolute atomic E-state index is 0.0556. The summed E-state index contributed by atoms with van der Waals surface area (Å²) in [5.41, 5.74) is 0.867. The standard InChI is InChI=1S/C13H17N3O2S/c1-3-10-6-15-13(18-10)8-14-7-12-11(4-5-19-12)16-9(2)17/h4-6,14H,3,7-8H2,1-2H3,(H,16,17). The summed E-state index contributed by atoms with van der Waals surface area (Å²) in [5, 5.41) is 8.03. The lowest BCUT2D eigenvalue weighted by Gasteiger charge is -2.04. The monoisotopic (exact) mass is 279 g/mol. The normalized spacial score (nSPS) is 10.6. The molecule has 2 aromatic rings. The summed E-state index contributed by atoms with van der Waals surface area (Å²) in [4.78, 5) is 16.3. The van der Waals surface area contributed by atoms with Crippen molar-refractivity contribution in [2.24, 2.45) is 0 Å². The molecule has 2 N–H and O–H groups in total. The van der Waals surface area contributed by atoms with Crippen LogP contribution in [0, 0.1) is 0 Å². The Bertz CT molecular complexity index is 548. The van der Waals surface area contributed by atoms with Crippen molar-refractivity contribution in [2.75, 3.05) is 5.32 Å². The van der Waals surface area contributed by atoms with E-state index in [1.165, 1.54) is 6.92 Å². The van der Waals surface area contributed by atoms with E-state index in [2.05, 4.69) is 15.6 Å². The Labute approximate surface area is 116 Å². The van der Waals surface area contributed by atoms with Gasteiger partial charge in [-0.25, -0.2) is 4.98 Å². The highest BCUT2D eigenvalue weighted by atomic mass is 32.1. The number of oxazole rings is 1. The zero-order chi connectivity index (χ0) is 13.7. The minimum atomic E-state index is -0.0556. The number of amides is 1. The molecule has 2 rings (SSSR count). The van der Waals surface area contributed by atoms with Gasteiger partial charge in [0.2, 0.25) is 11.8 Å². The SMILES string of the molecule is CCc1cnc(CNCc2sccc2NC(C)=O)o1. The summed E-state index contributed by atoms with van der Waals surface area (Å²) < 4.78 is 5.51. The predicted octanol–water partition coefficient (Wildman–Crippen LogP) is 2.55. The van der Waals surface area contributed by atoms with Gasteiger partial charge in [0.05, 0.1) is 18.4 Å². The van der Waals surface area contributed by atoms with E-state index >= 15 is 0 Å². The van der Waals surface area contributed by atoms with Gasteiger partial charge in [0.15, 0.2) is 0 Å². The summed E-state index contributed by atoms with van der Waals surface area (Å²) in [5.74, 6) is 1.53. The van der Waals surface area contributed by atoms with Gasteiger partial charge in [-0.15, -0.1) is 11.3 Å². The molecular formula is C13H17N3O2S. The molecule has 0 saturated heterocycles. The minimum Gasteiger partial charge on any atom is -0.444 e. The molecule has 0 aliphatic heterocycles. The number of carbonyl (C=O) groups is 1. The maximum Gasteiger partial charge on any atom is 0.221 e. The van der Waals surface area contributed by atoms with Gasteiger partial charge in [-0.3, -0.25) is 4.79 Å². The van der Waals surface area contributed by atoms with Crippen molar-refractivity contribution in [1.29, 1.82) is 0 Å². The first kappa shape index (κ1) is 13.8. The summed E-state index contributed by atoms with van der Waals surface area (Å²) in [6.07, 6.45) is 2.61. The number of anilines is 1. The molecule has 0 bridgehead atoms. The van der Waals surface area contributed by atoms with Crippen molar-refractivity contribution in [3.8, 4) is 0 Å². The van der Waals surface area contributed by atoms with E-state index in [1.807, 2.05) is 18.4 Å². The predicted molar refractivity (Wildman–Crippen MR) is 75.0 cm³/mol. The fourth-order valence-electron chi connectivity index (χ4n) is 1.65. The van der Waals surface area contributed by atoms with Crippen LogP contribution in [-0.4, -0.2) is 10.9 Å². The topological polar surface area (TPSA) is 67.2 Å². The number of nitrogens with zero attached hydrogens (tertiary/aromatic N) is 1. The van der Waals surface area contributed by atoms with E-state index in [0.29, 0.717) is 19.0 Å². The summed E-state index contributed by atoms with van der Waals surface area (Å²) >= 11 is 1.61. The Morgan fingerprint density at radius 2 is 2.32 bits per heavy atom. The Morgan fingerprint density at radius 1 is 1.47 bits per heavy atom. The van der Waals surface area contributed by atoms with E-state index < -0.39 is 0 Å². The van der Waals surface area contributed by atoms with E-state index in [-0.39, 0.29) is 5.91 Å². The van der Waals surface area contributed by atoms with Crippen LogP contribution in [0.15, 0.2) is 22.1 Å². The maximum atomic E-state index is 11.0. The lowest BCUT2D eigenvalue weighted by atomic mass is 10.3. The zero-order valence-electron chi connectivity index (χ0n) is 11.0. The number of nitrogens with one attached hydrogen (secondary N) is 2. The van der Waals surface area contributed by atoms with E-state index in [4.69, 9.17) is 4.42 Å². The molecule has 0 fully saturated rings. The smallest absolute Gasteiger partial charge is 0.221 e. The zero-order valence-corrected chi connectivity index (χ0v) is 11.8. The van der Waals surface area contributed by atoms with Crippen LogP contribution in [-0.2, 0) is 24.3 Å². The number of hydrogen-bond acceptors (Lipinski definition) is 5. The van der Waals surface area contributed by atoms with Crippen molar-refractivity contribution in [2.45, 2.75) is 33.4 Å². The number of thiophene rings is 1. The molecule has 0 saturated carbocycles. The van der Waals surface area contributed by atoms with Gasteiger partial charge < -0.3 is 15.1 Å².